The standard InChI is InChI=1S/C23H21N5O2S.C22H19N5O2S.C22H18N4O3S.C19H15N5O2S/c1-15-18-20(22(29)26-21(25-18)17-9-5-6-10-24-17)31-19(15)23(30)28-13-11-27(12-14-28)16-7-3-2-4-8-16;28-21-19-17(24-20(25-21)16-8-4-5-9-23-16)14-18(30-19)22(29)27-12-10-26(11-13-27)15-6-2-1-3-7-15;27-21-19-16(24-20(25-21)15-8-4-5-9-23-15)12-18(30-19)22(28)26-10-11-29-17(13-26)14-6-2-1-3-7-14;25-18(22-9-6-12-4-3-7-20-11-12)15-10-14-16(27-15)19(26)24-17(23-14)13-5-1-2-8-21-13/h2-10H,11-14H2,1H3,(H,25,26,29);1-9,14H,10-13H2,(H,24,25,28);1-9,12,17H,10-11,13H2,(H,24,25,27);1-5,7-8,10-11H,6,9H2,(H,22,25)(H,23,24,26). The van der Waals surface area contributed by atoms with Crippen LogP contribution in [0.1, 0.15) is 61.5 Å². The molecule has 0 saturated carbocycles. The van der Waals surface area contributed by atoms with E-state index >= 15 is 0 Å². The highest BCUT2D eigenvalue weighted by molar-refractivity contribution is 7.22. The number of rotatable bonds is 14. The van der Waals surface area contributed by atoms with Gasteiger partial charge in [-0.15, -0.1) is 45.3 Å². The monoisotopic (exact) mass is 1640 g/mol. The molecule has 3 fully saturated rings. The zero-order valence-electron chi connectivity index (χ0n) is 63.3. The highest BCUT2D eigenvalue weighted by atomic mass is 32.1. The van der Waals surface area contributed by atoms with Gasteiger partial charge in [0, 0.05) is 114 Å². The Hall–Kier alpha value is -13.8. The highest BCUT2D eigenvalue weighted by Crippen LogP contribution is 2.33. The van der Waals surface area contributed by atoms with Crippen LogP contribution in [0.4, 0.5) is 11.4 Å². The van der Waals surface area contributed by atoms with Crippen LogP contribution in [0, 0.1) is 6.92 Å². The molecular formula is C86H73N19O9S4. The minimum Gasteiger partial charge on any atom is -0.370 e. The summed E-state index contributed by atoms with van der Waals surface area (Å²) in [5.41, 5.74) is 8.56. The zero-order valence-corrected chi connectivity index (χ0v) is 66.5. The van der Waals surface area contributed by atoms with E-state index in [0.717, 1.165) is 54.2 Å². The first-order chi connectivity index (χ1) is 57.7. The van der Waals surface area contributed by atoms with E-state index in [1.807, 2.05) is 126 Å². The number of nitrogens with zero attached hydrogens (tertiary/aromatic N) is 14. The van der Waals surface area contributed by atoms with Crippen molar-refractivity contribution in [3.05, 3.63) is 309 Å². The molecule has 0 radical (unpaired) electrons. The van der Waals surface area contributed by atoms with Crippen molar-refractivity contribution in [3.63, 3.8) is 0 Å². The third-order valence-corrected chi connectivity index (χ3v) is 24.3. The number of hydrogen-bond donors (Lipinski definition) is 5. The summed E-state index contributed by atoms with van der Waals surface area (Å²) < 4.78 is 7.65. The molecule has 3 saturated heterocycles. The van der Waals surface area contributed by atoms with Crippen LogP contribution in [0.3, 0.4) is 0 Å². The maximum absolute atomic E-state index is 13.3. The molecule has 0 spiro atoms. The van der Waals surface area contributed by atoms with E-state index in [1.165, 1.54) is 45.4 Å². The Balaban J connectivity index is 0.000000118. The van der Waals surface area contributed by atoms with E-state index in [4.69, 9.17) is 4.74 Å². The van der Waals surface area contributed by atoms with Crippen molar-refractivity contribution < 1.29 is 23.9 Å². The number of carbonyl (C=O) groups is 4. The number of aromatic amines is 4. The zero-order chi connectivity index (χ0) is 81.0. The van der Waals surface area contributed by atoms with Crippen LogP contribution in [0.2, 0.25) is 0 Å². The van der Waals surface area contributed by atoms with Gasteiger partial charge in [-0.2, -0.15) is 0 Å². The Kier molecular flexibility index (Phi) is 23.8. The predicted molar refractivity (Wildman–Crippen MR) is 459 cm³/mol. The van der Waals surface area contributed by atoms with Gasteiger partial charge in [0.05, 0.1) is 54.7 Å². The van der Waals surface area contributed by atoms with Gasteiger partial charge in [-0.25, -0.2) is 19.9 Å². The molecule has 28 nitrogen and oxygen atoms in total. The van der Waals surface area contributed by atoms with Crippen molar-refractivity contribution in [2.45, 2.75) is 19.4 Å². The number of benzene rings is 3. The Morgan fingerprint density at radius 3 is 1.30 bits per heavy atom. The molecule has 3 aromatic carbocycles. The van der Waals surface area contributed by atoms with Gasteiger partial charge in [-0.05, 0) is 127 Å². The summed E-state index contributed by atoms with van der Waals surface area (Å²) in [6, 6.07) is 60.8. The summed E-state index contributed by atoms with van der Waals surface area (Å²) in [6.07, 6.45) is 10.6. The van der Waals surface area contributed by atoms with Crippen LogP contribution in [0.25, 0.3) is 86.9 Å². The molecule has 19 rings (SSSR count). The quantitative estimate of drug-likeness (QED) is 0.0675. The number of amides is 4. The first-order valence-electron chi connectivity index (χ1n) is 37.8. The van der Waals surface area contributed by atoms with Gasteiger partial charge in [-0.3, -0.25) is 63.3 Å². The predicted octanol–water partition coefficient (Wildman–Crippen LogP) is 12.0. The summed E-state index contributed by atoms with van der Waals surface area (Å²) >= 11 is 4.72. The number of morpholine rings is 1. The van der Waals surface area contributed by atoms with Crippen LogP contribution in [-0.2, 0) is 11.2 Å². The fraction of sp³-hybridized carbons (Fsp3) is 0.174. The number of thiophene rings is 4. The molecular weight excluding hydrogens is 1570 g/mol. The van der Waals surface area contributed by atoms with E-state index in [0.29, 0.717) is 165 Å². The second-order valence-corrected chi connectivity index (χ2v) is 31.5. The van der Waals surface area contributed by atoms with Gasteiger partial charge >= 0.3 is 0 Å². The molecule has 1 unspecified atom stereocenters. The molecule has 0 aliphatic carbocycles. The van der Waals surface area contributed by atoms with Crippen molar-refractivity contribution in [2.75, 3.05) is 88.4 Å². The third-order valence-electron chi connectivity index (χ3n) is 19.7. The molecule has 0 bridgehead atoms. The van der Waals surface area contributed by atoms with Gasteiger partial charge in [0.1, 0.15) is 47.7 Å². The minimum atomic E-state index is -0.278. The number of hydrogen-bond acceptors (Lipinski definition) is 24. The average molecular weight is 1640 g/mol. The Morgan fingerprint density at radius 2 is 0.847 bits per heavy atom. The maximum Gasteiger partial charge on any atom is 0.269 e. The van der Waals surface area contributed by atoms with Gasteiger partial charge in [0.15, 0.2) is 23.3 Å². The Labute approximate surface area is 688 Å². The van der Waals surface area contributed by atoms with E-state index < -0.39 is 0 Å². The number of ether oxygens (including phenoxy) is 1. The lowest BCUT2D eigenvalue weighted by Crippen LogP contribution is -2.48. The Morgan fingerprint density at radius 1 is 0.432 bits per heavy atom. The van der Waals surface area contributed by atoms with Crippen molar-refractivity contribution in [1.82, 2.24) is 84.8 Å². The van der Waals surface area contributed by atoms with Crippen LogP contribution in [0.15, 0.2) is 250 Å². The second kappa shape index (κ2) is 35.9. The third kappa shape index (κ3) is 17.8. The lowest BCUT2D eigenvalue weighted by Gasteiger charge is -2.36. The van der Waals surface area contributed by atoms with Crippen molar-refractivity contribution in [3.8, 4) is 46.1 Å². The van der Waals surface area contributed by atoms with Crippen molar-refractivity contribution in [2.24, 2.45) is 0 Å². The number of anilines is 2. The van der Waals surface area contributed by atoms with E-state index in [2.05, 4.69) is 104 Å². The molecule has 13 aromatic heterocycles. The number of nitrogens with one attached hydrogen (secondary N) is 5. The van der Waals surface area contributed by atoms with Crippen molar-refractivity contribution in [1.29, 1.82) is 0 Å². The summed E-state index contributed by atoms with van der Waals surface area (Å²) in [5.74, 6) is 1.17. The lowest BCUT2D eigenvalue weighted by atomic mass is 10.1. The smallest absolute Gasteiger partial charge is 0.269 e. The molecule has 3 aliphatic heterocycles. The number of fused-ring (bicyclic) bond motifs is 4. The van der Waals surface area contributed by atoms with Gasteiger partial charge < -0.3 is 54.5 Å². The number of H-pyrrole nitrogens is 4. The topological polar surface area (TPSA) is 353 Å². The minimum absolute atomic E-state index is 0.0352. The normalized spacial score (nSPS) is 14.1. The number of aryl methyl sites for hydroxylation is 1. The van der Waals surface area contributed by atoms with E-state index in [9.17, 15) is 38.4 Å². The highest BCUT2D eigenvalue weighted by Gasteiger charge is 2.31. The molecule has 5 N–H and O–H groups in total. The first kappa shape index (κ1) is 78.1. The van der Waals surface area contributed by atoms with Crippen molar-refractivity contribution >= 4 is 121 Å². The lowest BCUT2D eigenvalue weighted by molar-refractivity contribution is -0.0226. The fourth-order valence-corrected chi connectivity index (χ4v) is 17.6. The Bertz CT molecular complexity index is 6510. The number of para-hydroxylation sites is 2. The number of carbonyl (C=O) groups excluding carboxylic acids is 4. The first-order valence-corrected chi connectivity index (χ1v) is 41.1. The molecule has 3 aliphatic rings. The van der Waals surface area contributed by atoms with E-state index in [1.54, 1.807) is 103 Å². The van der Waals surface area contributed by atoms with Crippen LogP contribution < -0.4 is 37.4 Å². The maximum atomic E-state index is 13.3. The molecule has 16 aromatic rings. The molecule has 590 valence electrons. The largest absolute Gasteiger partial charge is 0.370 e. The average Bonchev–Trinajstić information content (AvgIpc) is 1.60. The fourth-order valence-electron chi connectivity index (χ4n) is 13.7. The number of aromatic nitrogens is 13. The van der Waals surface area contributed by atoms with Gasteiger partial charge in [0.25, 0.3) is 45.9 Å². The SMILES string of the molecule is Cc1c(C(=O)N2CCN(c3ccccc3)CC2)sc2c(=O)[nH]c(-c3ccccn3)nc12.O=C(NCCc1cccnc1)c1cc2nc(-c3ccccn3)[nH]c(=O)c2s1.O=C(c1cc2nc(-c3ccccn3)[nH]c(=O)c2s1)N1CCN(c2ccccc2)CC1.O=C(c1cc2nc(-c3ccccn3)[nH]c(=O)c2s1)N1CCOC(c2ccccc2)C1. The van der Waals surface area contributed by atoms with Gasteiger partial charge in [-0.1, -0.05) is 97.1 Å². The summed E-state index contributed by atoms with van der Waals surface area (Å²) in [5, 5.41) is 2.87. The van der Waals surface area contributed by atoms with Crippen LogP contribution in [0.5, 0.6) is 0 Å². The number of pyridine rings is 5. The second-order valence-electron chi connectivity index (χ2n) is 27.3. The molecule has 1 atom stereocenters. The summed E-state index contributed by atoms with van der Waals surface area (Å²) in [4.78, 5) is 164. The molecule has 16 heterocycles. The van der Waals surface area contributed by atoms with Crippen LogP contribution >= 0.6 is 45.3 Å². The molecule has 118 heavy (non-hydrogen) atoms. The number of piperazine rings is 2. The van der Waals surface area contributed by atoms with E-state index in [-0.39, 0.29) is 52.0 Å². The summed E-state index contributed by atoms with van der Waals surface area (Å²) in [7, 11) is 0. The van der Waals surface area contributed by atoms with Gasteiger partial charge in [0.2, 0.25) is 0 Å². The summed E-state index contributed by atoms with van der Waals surface area (Å²) in [6.45, 7) is 9.50. The van der Waals surface area contributed by atoms with Crippen LogP contribution in [-0.4, -0.2) is 182 Å². The molecule has 4 amide bonds. The molecule has 32 heteroatoms.